The molecule has 0 radical (unpaired) electrons. The van der Waals surface area contributed by atoms with Crippen molar-refractivity contribution < 1.29 is 9.72 Å². The van der Waals surface area contributed by atoms with Crippen molar-refractivity contribution in [1.82, 2.24) is 9.80 Å². The molecule has 2 aliphatic heterocycles. The van der Waals surface area contributed by atoms with Gasteiger partial charge in [0.25, 0.3) is 5.69 Å². The molecule has 0 saturated carbocycles. The van der Waals surface area contributed by atoms with E-state index in [1.807, 2.05) is 12.1 Å². The molecule has 3 rings (SSSR count). The van der Waals surface area contributed by atoms with Crippen molar-refractivity contribution in [2.24, 2.45) is 5.92 Å². The Labute approximate surface area is 155 Å². The zero-order chi connectivity index (χ0) is 18.5. The second-order valence-electron chi connectivity index (χ2n) is 7.67. The van der Waals surface area contributed by atoms with E-state index in [4.69, 9.17) is 0 Å². The summed E-state index contributed by atoms with van der Waals surface area (Å²) in [5.41, 5.74) is 1.26. The van der Waals surface area contributed by atoms with Gasteiger partial charge in [0.15, 0.2) is 0 Å². The Hall–Kier alpha value is -1.95. The van der Waals surface area contributed by atoms with Crippen molar-refractivity contribution in [3.05, 3.63) is 39.9 Å². The number of nitrogens with zero attached hydrogens (tertiary/aromatic N) is 3. The number of hydrogen-bond acceptors (Lipinski definition) is 4. The molecule has 1 aromatic rings. The van der Waals surface area contributed by atoms with Gasteiger partial charge in [-0.05, 0) is 50.3 Å². The number of carbonyl (C=O) groups is 1. The molecule has 2 aliphatic rings. The summed E-state index contributed by atoms with van der Waals surface area (Å²) in [6, 6.07) is 7.29. The molecule has 2 heterocycles. The number of carbonyl (C=O) groups excluding carboxylic acids is 1. The number of nitro groups is 1. The van der Waals surface area contributed by atoms with Gasteiger partial charge in [0.05, 0.1) is 4.92 Å². The fourth-order valence-electron chi connectivity index (χ4n) is 4.49. The third kappa shape index (κ3) is 4.61. The quantitative estimate of drug-likeness (QED) is 0.608. The molecule has 6 nitrogen and oxygen atoms in total. The Morgan fingerprint density at radius 3 is 2.38 bits per heavy atom. The second kappa shape index (κ2) is 8.62. The van der Waals surface area contributed by atoms with Gasteiger partial charge < -0.3 is 4.90 Å². The van der Waals surface area contributed by atoms with Crippen LogP contribution in [0.25, 0.3) is 0 Å². The normalized spacial score (nSPS) is 22.8. The van der Waals surface area contributed by atoms with Gasteiger partial charge in [0, 0.05) is 38.2 Å². The summed E-state index contributed by atoms with van der Waals surface area (Å²) >= 11 is 0. The highest BCUT2D eigenvalue weighted by molar-refractivity contribution is 5.73. The summed E-state index contributed by atoms with van der Waals surface area (Å²) in [6.45, 7) is 5.53. The number of nitro benzene ring substituents is 1. The molecule has 0 aliphatic carbocycles. The van der Waals surface area contributed by atoms with Gasteiger partial charge in [-0.1, -0.05) is 25.0 Å². The molecular weight excluding hydrogens is 330 g/mol. The van der Waals surface area contributed by atoms with Gasteiger partial charge in [-0.2, -0.15) is 0 Å². The average Bonchev–Trinajstić information content (AvgIpc) is 2.89. The molecule has 0 aromatic heterocycles. The van der Waals surface area contributed by atoms with E-state index < -0.39 is 0 Å². The van der Waals surface area contributed by atoms with Gasteiger partial charge >= 0.3 is 0 Å². The Kier molecular flexibility index (Phi) is 6.25. The molecular formula is C20H29N3O3. The molecule has 0 bridgehead atoms. The Morgan fingerprint density at radius 2 is 1.77 bits per heavy atom. The monoisotopic (exact) mass is 359 g/mol. The van der Waals surface area contributed by atoms with E-state index in [1.54, 1.807) is 19.1 Å². The third-order valence-electron chi connectivity index (χ3n) is 5.93. The molecule has 26 heavy (non-hydrogen) atoms. The van der Waals surface area contributed by atoms with Crippen LogP contribution in [0.15, 0.2) is 24.3 Å². The molecule has 1 amide bonds. The lowest BCUT2D eigenvalue weighted by molar-refractivity contribution is -0.384. The van der Waals surface area contributed by atoms with Crippen LogP contribution in [-0.2, 0) is 11.3 Å². The van der Waals surface area contributed by atoms with Crippen molar-refractivity contribution in [1.29, 1.82) is 0 Å². The van der Waals surface area contributed by atoms with Crippen molar-refractivity contribution in [3.63, 3.8) is 0 Å². The number of rotatable bonds is 4. The minimum absolute atomic E-state index is 0.144. The Bertz CT molecular complexity index is 624. The zero-order valence-corrected chi connectivity index (χ0v) is 15.6. The van der Waals surface area contributed by atoms with E-state index in [-0.39, 0.29) is 16.5 Å². The van der Waals surface area contributed by atoms with E-state index in [1.165, 1.54) is 12.8 Å². The fourth-order valence-corrected chi connectivity index (χ4v) is 4.49. The fraction of sp³-hybridized carbons (Fsp3) is 0.650. The first kappa shape index (κ1) is 18.8. The largest absolute Gasteiger partial charge is 0.340 e. The SMILES string of the molecule is CC(=O)N1CCCCC[C@H]1C1CCN(Cc2ccc([N+](=O)[O-])cc2)CC1. The number of amides is 1. The van der Waals surface area contributed by atoms with Crippen LogP contribution in [0.5, 0.6) is 0 Å². The number of likely N-dealkylation sites (tertiary alicyclic amines) is 2. The van der Waals surface area contributed by atoms with Crippen molar-refractivity contribution in [2.75, 3.05) is 19.6 Å². The molecule has 2 fully saturated rings. The maximum absolute atomic E-state index is 12.1. The summed E-state index contributed by atoms with van der Waals surface area (Å²) in [4.78, 5) is 27.0. The lowest BCUT2D eigenvalue weighted by atomic mass is 9.86. The molecule has 2 saturated heterocycles. The van der Waals surface area contributed by atoms with Crippen molar-refractivity contribution >= 4 is 11.6 Å². The first-order chi connectivity index (χ1) is 12.5. The van der Waals surface area contributed by atoms with Crippen LogP contribution in [0.1, 0.15) is 51.0 Å². The van der Waals surface area contributed by atoms with Gasteiger partial charge in [0.2, 0.25) is 5.91 Å². The van der Waals surface area contributed by atoms with Crippen LogP contribution >= 0.6 is 0 Å². The Balaban J connectivity index is 1.54. The van der Waals surface area contributed by atoms with E-state index >= 15 is 0 Å². The molecule has 1 aromatic carbocycles. The highest BCUT2D eigenvalue weighted by atomic mass is 16.6. The van der Waals surface area contributed by atoms with E-state index in [0.717, 1.165) is 57.4 Å². The van der Waals surface area contributed by atoms with Crippen LogP contribution in [0.4, 0.5) is 5.69 Å². The standard InChI is InChI=1S/C20H29N3O3/c1-16(24)22-12-4-2-3-5-20(22)18-10-13-21(14-11-18)15-17-6-8-19(9-7-17)23(25)26/h6-9,18,20H,2-5,10-15H2,1H3/t20-/m0/s1. The topological polar surface area (TPSA) is 66.7 Å². The van der Waals surface area contributed by atoms with Gasteiger partial charge in [-0.3, -0.25) is 19.8 Å². The maximum Gasteiger partial charge on any atom is 0.269 e. The summed E-state index contributed by atoms with van der Waals surface area (Å²) in [7, 11) is 0. The van der Waals surface area contributed by atoms with Crippen LogP contribution < -0.4 is 0 Å². The summed E-state index contributed by atoms with van der Waals surface area (Å²) in [6.07, 6.45) is 7.00. The lowest BCUT2D eigenvalue weighted by Gasteiger charge is -2.40. The van der Waals surface area contributed by atoms with Crippen LogP contribution in [0.3, 0.4) is 0 Å². The number of hydrogen-bond donors (Lipinski definition) is 0. The average molecular weight is 359 g/mol. The van der Waals surface area contributed by atoms with Gasteiger partial charge in [-0.25, -0.2) is 0 Å². The van der Waals surface area contributed by atoms with E-state index in [2.05, 4.69) is 9.80 Å². The Morgan fingerprint density at radius 1 is 1.08 bits per heavy atom. The minimum atomic E-state index is -0.358. The van der Waals surface area contributed by atoms with Crippen LogP contribution in [0.2, 0.25) is 0 Å². The highest BCUT2D eigenvalue weighted by Crippen LogP contribution is 2.30. The molecule has 0 N–H and O–H groups in total. The second-order valence-corrected chi connectivity index (χ2v) is 7.67. The molecule has 0 unspecified atom stereocenters. The summed E-state index contributed by atoms with van der Waals surface area (Å²) in [5, 5.41) is 10.8. The number of non-ortho nitro benzene ring substituents is 1. The molecule has 0 spiro atoms. The van der Waals surface area contributed by atoms with Gasteiger partial charge in [-0.15, -0.1) is 0 Å². The molecule has 1 atom stereocenters. The highest BCUT2D eigenvalue weighted by Gasteiger charge is 2.32. The van der Waals surface area contributed by atoms with Crippen LogP contribution in [0, 0.1) is 16.0 Å². The predicted octanol–water partition coefficient (Wildman–Crippen LogP) is 3.60. The maximum atomic E-state index is 12.1. The smallest absolute Gasteiger partial charge is 0.269 e. The number of piperidine rings is 1. The van der Waals surface area contributed by atoms with Crippen molar-refractivity contribution in [3.8, 4) is 0 Å². The van der Waals surface area contributed by atoms with E-state index in [9.17, 15) is 14.9 Å². The molecule has 142 valence electrons. The minimum Gasteiger partial charge on any atom is -0.340 e. The third-order valence-corrected chi connectivity index (χ3v) is 5.93. The van der Waals surface area contributed by atoms with Gasteiger partial charge in [0.1, 0.15) is 0 Å². The zero-order valence-electron chi connectivity index (χ0n) is 15.6. The first-order valence-electron chi connectivity index (χ1n) is 9.77. The van der Waals surface area contributed by atoms with Crippen LogP contribution in [-0.4, -0.2) is 46.3 Å². The van der Waals surface area contributed by atoms with Crippen molar-refractivity contribution in [2.45, 2.75) is 58.0 Å². The molecule has 6 heteroatoms. The number of benzene rings is 1. The summed E-state index contributed by atoms with van der Waals surface area (Å²) in [5.74, 6) is 0.829. The first-order valence-corrected chi connectivity index (χ1v) is 9.77. The summed E-state index contributed by atoms with van der Waals surface area (Å²) < 4.78 is 0. The van der Waals surface area contributed by atoms with E-state index in [0.29, 0.717) is 12.0 Å². The lowest BCUT2D eigenvalue weighted by Crippen LogP contribution is -2.47. The predicted molar refractivity (Wildman–Crippen MR) is 101 cm³/mol.